The average Bonchev–Trinajstić information content (AvgIpc) is 2.48. The van der Waals surface area contributed by atoms with Crippen molar-refractivity contribution in [3.05, 3.63) is 22.8 Å². The number of rotatable bonds is 3. The zero-order chi connectivity index (χ0) is 13.6. The summed E-state index contributed by atoms with van der Waals surface area (Å²) in [6.45, 7) is 18.2. The largest absolute Gasteiger partial charge is 2.00 e. The second-order valence-corrected chi connectivity index (χ2v) is 13.7. The fourth-order valence-electron chi connectivity index (χ4n) is 2.02. The van der Waals surface area contributed by atoms with Crippen LogP contribution in [0.25, 0.3) is 0 Å². The van der Waals surface area contributed by atoms with E-state index in [4.69, 9.17) is 0 Å². The Balaban J connectivity index is -0.000000246. The van der Waals surface area contributed by atoms with Crippen molar-refractivity contribution in [1.29, 1.82) is 0 Å². The van der Waals surface area contributed by atoms with Gasteiger partial charge in [0.25, 0.3) is 0 Å². The summed E-state index contributed by atoms with van der Waals surface area (Å²) in [5, 5.41) is 0. The Morgan fingerprint density at radius 2 is 1.53 bits per heavy atom. The summed E-state index contributed by atoms with van der Waals surface area (Å²) in [4.78, 5) is 0. The van der Waals surface area contributed by atoms with Crippen LogP contribution >= 0.6 is 7.47 Å². The van der Waals surface area contributed by atoms with Gasteiger partial charge in [-0.05, 0) is 12.3 Å². The van der Waals surface area contributed by atoms with E-state index in [1.807, 2.05) is 0 Å². The van der Waals surface area contributed by atoms with Crippen LogP contribution in [0.2, 0.25) is 13.1 Å². The average molecular weight is 356 g/mol. The predicted molar refractivity (Wildman–Crippen MR) is 85.5 cm³/mol. The van der Waals surface area contributed by atoms with Gasteiger partial charge in [0.1, 0.15) is 0 Å². The molecule has 0 N–H and O–H groups in total. The molecule has 0 spiro atoms. The van der Waals surface area contributed by atoms with Crippen molar-refractivity contribution in [2.24, 2.45) is 5.92 Å². The zero-order valence-corrected chi connectivity index (χ0v) is 17.7. The smallest absolute Gasteiger partial charge is 1.00 e. The van der Waals surface area contributed by atoms with Gasteiger partial charge in [-0.1, -0.05) is 53.6 Å². The van der Waals surface area contributed by atoms with E-state index < -0.39 is 0 Å². The van der Waals surface area contributed by atoms with Crippen molar-refractivity contribution in [2.75, 3.05) is 12.3 Å². The minimum atomic E-state index is 0. The van der Waals surface area contributed by atoms with E-state index >= 15 is 0 Å². The van der Waals surface area contributed by atoms with E-state index in [0.29, 0.717) is 13.4 Å². The fraction of sp³-hybridized carbons (Fsp3) is 0.733. The van der Waals surface area contributed by atoms with Crippen LogP contribution in [0.5, 0.6) is 0 Å². The molecule has 0 nitrogen and oxygen atoms in total. The Morgan fingerprint density at radius 1 is 1.11 bits per heavy atom. The SMILES string of the molecule is CC1=[C-]C(C)C(C)=C1C.CCP(CC)[Si](C)C.[Cl-].[Cr+2]. The number of allylic oxidation sites excluding steroid dienone is 4. The molecular formula is C15H29ClCrPSi. The zero-order valence-electron chi connectivity index (χ0n) is 13.7. The van der Waals surface area contributed by atoms with Gasteiger partial charge in [-0.25, -0.2) is 5.57 Å². The molecule has 1 aliphatic carbocycles. The van der Waals surface area contributed by atoms with Crippen LogP contribution in [0.15, 0.2) is 16.7 Å². The van der Waals surface area contributed by atoms with Gasteiger partial charge in [-0.2, -0.15) is 11.1 Å². The molecule has 0 aromatic heterocycles. The summed E-state index contributed by atoms with van der Waals surface area (Å²) in [6, 6.07) is 0. The van der Waals surface area contributed by atoms with Gasteiger partial charge in [-0.15, -0.1) is 14.4 Å². The molecule has 0 heterocycles. The molecule has 0 fully saturated rings. The van der Waals surface area contributed by atoms with Crippen LogP contribution in [0.3, 0.4) is 0 Å². The van der Waals surface area contributed by atoms with Gasteiger partial charge < -0.3 is 12.4 Å². The van der Waals surface area contributed by atoms with Crippen molar-refractivity contribution < 1.29 is 29.8 Å². The molecule has 0 amide bonds. The third kappa shape index (κ3) is 8.75. The molecule has 111 valence electrons. The molecule has 19 heavy (non-hydrogen) atoms. The molecule has 1 rings (SSSR count). The predicted octanol–water partition coefficient (Wildman–Crippen LogP) is 2.48. The van der Waals surface area contributed by atoms with Crippen LogP contribution in [-0.4, -0.2) is 20.8 Å². The van der Waals surface area contributed by atoms with Gasteiger partial charge >= 0.3 is 17.4 Å². The summed E-state index contributed by atoms with van der Waals surface area (Å²) >= 11 is 0. The molecule has 4 heteroatoms. The first-order valence-electron chi connectivity index (χ1n) is 6.67. The van der Waals surface area contributed by atoms with Gasteiger partial charge in [0.2, 0.25) is 0 Å². The second-order valence-electron chi connectivity index (χ2n) is 4.92. The van der Waals surface area contributed by atoms with E-state index in [2.05, 4.69) is 60.7 Å². The molecule has 0 aromatic carbocycles. The summed E-state index contributed by atoms with van der Waals surface area (Å²) < 4.78 is 0. The third-order valence-electron chi connectivity index (χ3n) is 3.63. The molecule has 0 saturated carbocycles. The summed E-state index contributed by atoms with van der Waals surface area (Å²) in [6.07, 6.45) is 6.26. The minimum absolute atomic E-state index is 0. The standard InChI is InChI=1S/C9H13.C6H16PSi.ClH.Cr/c1-6-5-7(2)9(4)8(6)3;1-5-7(6-2)8(3)4;;/h6H,1-4H3;5-6H2,1-4H3;1H;/q-1;;;+2/p-1. The molecule has 1 aliphatic rings. The van der Waals surface area contributed by atoms with Gasteiger partial charge in [-0.3, -0.25) is 6.08 Å². The molecule has 1 unspecified atom stereocenters. The van der Waals surface area contributed by atoms with Gasteiger partial charge in [0, 0.05) is 0 Å². The summed E-state index contributed by atoms with van der Waals surface area (Å²) in [5.41, 5.74) is 4.25. The quantitative estimate of drug-likeness (QED) is 0.414. The van der Waals surface area contributed by atoms with Crippen molar-refractivity contribution in [1.82, 2.24) is 0 Å². The van der Waals surface area contributed by atoms with E-state index in [9.17, 15) is 0 Å². The Morgan fingerprint density at radius 3 is 1.58 bits per heavy atom. The van der Waals surface area contributed by atoms with Crippen molar-refractivity contribution in [3.8, 4) is 0 Å². The molecule has 1 atom stereocenters. The second kappa shape index (κ2) is 12.7. The number of halogens is 1. The van der Waals surface area contributed by atoms with E-state index in [0.717, 1.165) is 0 Å². The summed E-state index contributed by atoms with van der Waals surface area (Å²) in [5.74, 6) is 0.560. The maximum Gasteiger partial charge on any atom is 2.00 e. The Kier molecular flexibility index (Phi) is 16.6. The van der Waals surface area contributed by atoms with E-state index in [-0.39, 0.29) is 38.2 Å². The molecule has 0 aliphatic heterocycles. The van der Waals surface area contributed by atoms with Crippen LogP contribution in [0, 0.1) is 12.0 Å². The summed E-state index contributed by atoms with van der Waals surface area (Å²) in [7, 11) is 0.577. The van der Waals surface area contributed by atoms with Crippen LogP contribution in [-0.2, 0) is 17.4 Å². The Bertz CT molecular complexity index is 297. The molecular weight excluding hydrogens is 327 g/mol. The molecule has 0 bridgehead atoms. The van der Waals surface area contributed by atoms with Crippen molar-refractivity contribution in [2.45, 2.75) is 54.6 Å². The maximum absolute atomic E-state index is 3.36. The minimum Gasteiger partial charge on any atom is -1.00 e. The maximum atomic E-state index is 3.36. The van der Waals surface area contributed by atoms with Gasteiger partial charge in [0.05, 0.1) is 8.46 Å². The van der Waals surface area contributed by atoms with Crippen LogP contribution < -0.4 is 12.4 Å². The van der Waals surface area contributed by atoms with Crippen molar-refractivity contribution in [3.63, 3.8) is 0 Å². The molecule has 0 saturated heterocycles. The van der Waals surface area contributed by atoms with Crippen LogP contribution in [0.4, 0.5) is 0 Å². The molecule has 1 radical (unpaired) electrons. The Labute approximate surface area is 141 Å². The first-order valence-corrected chi connectivity index (χ1v) is 11.7. The van der Waals surface area contributed by atoms with Crippen molar-refractivity contribution >= 4 is 15.9 Å². The fourth-order valence-corrected chi connectivity index (χ4v) is 7.52. The van der Waals surface area contributed by atoms with Crippen LogP contribution in [0.1, 0.15) is 41.5 Å². The van der Waals surface area contributed by atoms with Gasteiger partial charge in [0.15, 0.2) is 0 Å². The van der Waals surface area contributed by atoms with E-state index in [1.54, 1.807) is 0 Å². The first-order chi connectivity index (χ1) is 7.84. The number of hydrogen-bond donors (Lipinski definition) is 0. The first kappa shape index (κ1) is 24.9. The normalized spacial score (nSPS) is 17.6. The van der Waals surface area contributed by atoms with E-state index in [1.165, 1.54) is 29.0 Å². The topological polar surface area (TPSA) is 0 Å². The number of hydrogen-bond acceptors (Lipinski definition) is 0. The Hall–Kier alpha value is 0.949. The third-order valence-corrected chi connectivity index (χ3v) is 12.1. The molecule has 0 aromatic rings. The monoisotopic (exact) mass is 355 g/mol.